The third-order valence-corrected chi connectivity index (χ3v) is 3.28. The summed E-state index contributed by atoms with van der Waals surface area (Å²) in [5.41, 5.74) is 0. The Labute approximate surface area is 115 Å². The Morgan fingerprint density at radius 2 is 2.00 bits per heavy atom. The van der Waals surface area contributed by atoms with Gasteiger partial charge in [0.25, 0.3) is 5.79 Å². The van der Waals surface area contributed by atoms with Crippen molar-refractivity contribution in [3.63, 3.8) is 0 Å². The minimum atomic E-state index is -2.01. The molecule has 0 radical (unpaired) electrons. The summed E-state index contributed by atoms with van der Waals surface area (Å²) in [5, 5.41) is 47.6. The first-order valence-electron chi connectivity index (χ1n) is 5.97. The molecule has 0 aromatic heterocycles. The van der Waals surface area contributed by atoms with Crippen molar-refractivity contribution in [2.45, 2.75) is 42.7 Å². The second kappa shape index (κ2) is 6.76. The number of hydrogen-bond donors (Lipinski definition) is 5. The number of esters is 1. The highest BCUT2D eigenvalue weighted by atomic mass is 16.7. The first-order valence-corrected chi connectivity index (χ1v) is 5.97. The molecule has 9 nitrogen and oxygen atoms in total. The molecule has 6 atom stereocenters. The van der Waals surface area contributed by atoms with E-state index >= 15 is 0 Å². The number of aliphatic hydroxyl groups excluding tert-OH is 5. The zero-order chi connectivity index (χ0) is 15.5. The Hall–Kier alpha value is -0.810. The van der Waals surface area contributed by atoms with Crippen LogP contribution in [0.3, 0.4) is 0 Å². The van der Waals surface area contributed by atoms with Gasteiger partial charge in [-0.05, 0) is 0 Å². The zero-order valence-corrected chi connectivity index (χ0v) is 11.2. The van der Waals surface area contributed by atoms with Crippen molar-refractivity contribution >= 4 is 5.97 Å². The summed E-state index contributed by atoms with van der Waals surface area (Å²) in [5.74, 6) is -2.96. The Morgan fingerprint density at radius 3 is 2.45 bits per heavy atom. The van der Waals surface area contributed by atoms with Crippen LogP contribution in [0.2, 0.25) is 0 Å². The Morgan fingerprint density at radius 1 is 1.40 bits per heavy atom. The Balaban J connectivity index is 3.02. The van der Waals surface area contributed by atoms with E-state index in [1.807, 2.05) is 0 Å². The van der Waals surface area contributed by atoms with Gasteiger partial charge >= 0.3 is 5.97 Å². The largest absolute Gasteiger partial charge is 0.465 e. The molecule has 1 aliphatic rings. The fourth-order valence-electron chi connectivity index (χ4n) is 2.05. The van der Waals surface area contributed by atoms with Gasteiger partial charge in [-0.25, -0.2) is 4.79 Å². The van der Waals surface area contributed by atoms with E-state index in [1.54, 1.807) is 0 Å². The van der Waals surface area contributed by atoms with E-state index in [2.05, 4.69) is 4.74 Å². The van der Waals surface area contributed by atoms with Crippen LogP contribution < -0.4 is 0 Å². The van der Waals surface area contributed by atoms with Crippen molar-refractivity contribution < 1.29 is 44.5 Å². The minimum absolute atomic E-state index is 0.407. The van der Waals surface area contributed by atoms with Crippen LogP contribution in [0.5, 0.6) is 0 Å². The summed E-state index contributed by atoms with van der Waals surface area (Å²) in [7, 11) is 2.21. The lowest BCUT2D eigenvalue weighted by atomic mass is 9.91. The standard InChI is InChI=1S/C11H20O9/c1-18-10(17)11(19-2)3-5(13)7(15)9(20-11)8(16)6(14)4-12/h5-9,12-16H,3-4H2,1-2H3/t5-,6-,7+,8+,9+,11-/m0/s1. The molecule has 0 aromatic carbocycles. The maximum atomic E-state index is 11.7. The van der Waals surface area contributed by atoms with Gasteiger partial charge in [-0.2, -0.15) is 0 Å². The monoisotopic (exact) mass is 296 g/mol. The molecule has 0 amide bonds. The lowest BCUT2D eigenvalue weighted by molar-refractivity contribution is -0.321. The molecular formula is C11H20O9. The van der Waals surface area contributed by atoms with Crippen molar-refractivity contribution in [3.8, 4) is 0 Å². The predicted molar refractivity (Wildman–Crippen MR) is 62.4 cm³/mol. The van der Waals surface area contributed by atoms with Gasteiger partial charge in [-0.3, -0.25) is 0 Å². The van der Waals surface area contributed by atoms with Gasteiger partial charge in [0.05, 0.1) is 19.8 Å². The van der Waals surface area contributed by atoms with Crippen LogP contribution in [-0.2, 0) is 19.0 Å². The first kappa shape index (κ1) is 17.2. The minimum Gasteiger partial charge on any atom is -0.465 e. The average Bonchev–Trinajstić information content (AvgIpc) is 2.47. The van der Waals surface area contributed by atoms with Crippen LogP contribution in [0, 0.1) is 0 Å². The Kier molecular flexibility index (Phi) is 5.83. The maximum Gasteiger partial charge on any atom is 0.366 e. The quantitative estimate of drug-likeness (QED) is 0.330. The average molecular weight is 296 g/mol. The highest BCUT2D eigenvalue weighted by Gasteiger charge is 2.55. The molecular weight excluding hydrogens is 276 g/mol. The molecule has 0 aromatic rings. The molecule has 1 fully saturated rings. The third kappa shape index (κ3) is 3.09. The van der Waals surface area contributed by atoms with Crippen molar-refractivity contribution in [2.24, 2.45) is 0 Å². The molecule has 1 rings (SSSR count). The summed E-state index contributed by atoms with van der Waals surface area (Å²) in [6, 6.07) is 0. The van der Waals surface area contributed by atoms with Crippen LogP contribution in [0.25, 0.3) is 0 Å². The molecule has 118 valence electrons. The fraction of sp³-hybridized carbons (Fsp3) is 0.909. The van der Waals surface area contributed by atoms with Gasteiger partial charge in [0.1, 0.15) is 24.4 Å². The fourth-order valence-corrected chi connectivity index (χ4v) is 2.05. The molecule has 1 heterocycles. The number of hydrogen-bond acceptors (Lipinski definition) is 9. The van der Waals surface area contributed by atoms with Gasteiger partial charge in [0, 0.05) is 13.5 Å². The molecule has 0 saturated carbocycles. The number of carbonyl (C=O) groups excluding carboxylic acids is 1. The lowest BCUT2D eigenvalue weighted by Crippen LogP contribution is -2.63. The van der Waals surface area contributed by atoms with Crippen LogP contribution in [-0.4, -0.2) is 88.6 Å². The highest BCUT2D eigenvalue weighted by molar-refractivity contribution is 5.78. The van der Waals surface area contributed by atoms with Crippen molar-refractivity contribution in [2.75, 3.05) is 20.8 Å². The second-order valence-corrected chi connectivity index (χ2v) is 4.53. The third-order valence-electron chi connectivity index (χ3n) is 3.28. The number of aliphatic hydroxyl groups is 5. The van der Waals surface area contributed by atoms with Crippen LogP contribution >= 0.6 is 0 Å². The van der Waals surface area contributed by atoms with Gasteiger partial charge in [-0.15, -0.1) is 0 Å². The summed E-state index contributed by atoms with van der Waals surface area (Å²) in [4.78, 5) is 11.7. The normalized spacial score (nSPS) is 37.2. The molecule has 0 unspecified atom stereocenters. The van der Waals surface area contributed by atoms with Crippen molar-refractivity contribution in [1.29, 1.82) is 0 Å². The molecule has 1 saturated heterocycles. The molecule has 0 aliphatic carbocycles. The van der Waals surface area contributed by atoms with Crippen LogP contribution in [0.4, 0.5) is 0 Å². The number of methoxy groups -OCH3 is 2. The smallest absolute Gasteiger partial charge is 0.366 e. The molecule has 0 spiro atoms. The SMILES string of the molecule is COC(=O)[C@]1(OC)C[C@H](O)[C@@H](O)[C@H]([C@H](O)[C@@H](O)CO)O1. The zero-order valence-electron chi connectivity index (χ0n) is 11.2. The highest BCUT2D eigenvalue weighted by Crippen LogP contribution is 2.33. The van der Waals surface area contributed by atoms with E-state index in [0.717, 1.165) is 14.2 Å². The van der Waals surface area contributed by atoms with Gasteiger partial charge < -0.3 is 39.7 Å². The van der Waals surface area contributed by atoms with Gasteiger partial charge in [-0.1, -0.05) is 0 Å². The van der Waals surface area contributed by atoms with E-state index in [-0.39, 0.29) is 0 Å². The van der Waals surface area contributed by atoms with Crippen molar-refractivity contribution in [1.82, 2.24) is 0 Å². The van der Waals surface area contributed by atoms with E-state index in [9.17, 15) is 25.2 Å². The molecule has 9 heteroatoms. The first-order chi connectivity index (χ1) is 9.32. The van der Waals surface area contributed by atoms with Gasteiger partial charge in [0.2, 0.25) is 0 Å². The van der Waals surface area contributed by atoms with E-state index in [0.29, 0.717) is 0 Å². The summed E-state index contributed by atoms with van der Waals surface area (Å²) >= 11 is 0. The van der Waals surface area contributed by atoms with Crippen molar-refractivity contribution in [3.05, 3.63) is 0 Å². The van der Waals surface area contributed by atoms with Crippen LogP contribution in [0.1, 0.15) is 6.42 Å². The van der Waals surface area contributed by atoms with Gasteiger partial charge in [0.15, 0.2) is 0 Å². The maximum absolute atomic E-state index is 11.7. The lowest BCUT2D eigenvalue weighted by Gasteiger charge is -2.44. The predicted octanol–water partition coefficient (Wildman–Crippen LogP) is -3.27. The number of rotatable bonds is 5. The number of ether oxygens (including phenoxy) is 3. The Bertz CT molecular complexity index is 336. The van der Waals surface area contributed by atoms with E-state index in [1.165, 1.54) is 0 Å². The summed E-state index contributed by atoms with van der Waals surface area (Å²) in [6.07, 6.45) is -8.32. The van der Waals surface area contributed by atoms with E-state index < -0.39 is 55.3 Å². The topological polar surface area (TPSA) is 146 Å². The second-order valence-electron chi connectivity index (χ2n) is 4.53. The molecule has 1 aliphatic heterocycles. The molecule has 0 bridgehead atoms. The number of carbonyl (C=O) groups is 1. The molecule has 5 N–H and O–H groups in total. The summed E-state index contributed by atoms with van der Waals surface area (Å²) < 4.78 is 14.6. The van der Waals surface area contributed by atoms with E-state index in [4.69, 9.17) is 14.6 Å². The summed E-state index contributed by atoms with van der Waals surface area (Å²) in [6.45, 7) is -0.790. The van der Waals surface area contributed by atoms with Crippen LogP contribution in [0.15, 0.2) is 0 Å². The molecule has 20 heavy (non-hydrogen) atoms.